The fourth-order valence-corrected chi connectivity index (χ4v) is 3.00. The van der Waals surface area contributed by atoms with Crippen LogP contribution in [0.5, 0.6) is 0 Å². The van der Waals surface area contributed by atoms with Crippen molar-refractivity contribution in [2.24, 2.45) is 0 Å². The first-order valence-electron chi connectivity index (χ1n) is 7.73. The van der Waals surface area contributed by atoms with E-state index in [1.165, 1.54) is 0 Å². The van der Waals surface area contributed by atoms with E-state index in [4.69, 9.17) is 4.74 Å². The quantitative estimate of drug-likeness (QED) is 0.940. The van der Waals surface area contributed by atoms with Gasteiger partial charge < -0.3 is 14.7 Å². The van der Waals surface area contributed by atoms with Crippen LogP contribution < -0.4 is 0 Å². The van der Waals surface area contributed by atoms with Gasteiger partial charge in [0.2, 0.25) is 5.91 Å². The minimum atomic E-state index is -0.969. The molecule has 0 bridgehead atoms. The van der Waals surface area contributed by atoms with Crippen molar-refractivity contribution in [2.45, 2.75) is 12.3 Å². The maximum absolute atomic E-state index is 12.4. The van der Waals surface area contributed by atoms with E-state index < -0.39 is 11.9 Å². The lowest BCUT2D eigenvalue weighted by Crippen LogP contribution is -2.41. The molecule has 0 saturated carbocycles. The van der Waals surface area contributed by atoms with Crippen molar-refractivity contribution in [2.75, 3.05) is 26.3 Å². The van der Waals surface area contributed by atoms with Crippen LogP contribution in [-0.2, 0) is 14.3 Å². The standard InChI is InChI=1S/C18H19NO4/c20-17(19-8-10-23-11-9-19)12-16(18(21)22)15-7-3-5-13-4-1-2-6-14(13)15/h1-7,16H,8-12H2,(H,21,22). The maximum Gasteiger partial charge on any atom is 0.311 e. The van der Waals surface area contributed by atoms with Gasteiger partial charge in [0.25, 0.3) is 0 Å². The first-order valence-corrected chi connectivity index (χ1v) is 7.73. The summed E-state index contributed by atoms with van der Waals surface area (Å²) in [5.41, 5.74) is 0.692. The molecule has 1 amide bonds. The molecule has 0 spiro atoms. The van der Waals surface area contributed by atoms with Crippen molar-refractivity contribution >= 4 is 22.6 Å². The molecule has 1 unspecified atom stereocenters. The van der Waals surface area contributed by atoms with Crippen LogP contribution >= 0.6 is 0 Å². The Bertz CT molecular complexity index is 717. The number of aliphatic carboxylic acids is 1. The number of benzene rings is 2. The van der Waals surface area contributed by atoms with E-state index in [1.807, 2.05) is 36.4 Å². The predicted octanol–water partition coefficient (Wildman–Crippen LogP) is 2.26. The molecule has 0 radical (unpaired) electrons. The Balaban J connectivity index is 1.89. The summed E-state index contributed by atoms with van der Waals surface area (Å²) in [7, 11) is 0. The zero-order valence-electron chi connectivity index (χ0n) is 12.8. The Morgan fingerprint density at radius 2 is 1.78 bits per heavy atom. The molecule has 2 aromatic carbocycles. The van der Waals surface area contributed by atoms with Crippen molar-refractivity contribution in [3.05, 3.63) is 48.0 Å². The summed E-state index contributed by atoms with van der Waals surface area (Å²) in [6, 6.07) is 13.2. The van der Waals surface area contributed by atoms with Crippen molar-refractivity contribution < 1.29 is 19.4 Å². The molecule has 0 aromatic heterocycles. The highest BCUT2D eigenvalue weighted by atomic mass is 16.5. The van der Waals surface area contributed by atoms with Crippen LogP contribution in [-0.4, -0.2) is 48.2 Å². The van der Waals surface area contributed by atoms with Gasteiger partial charge in [0, 0.05) is 19.5 Å². The Morgan fingerprint density at radius 3 is 2.52 bits per heavy atom. The predicted molar refractivity (Wildman–Crippen MR) is 86.3 cm³/mol. The second-order valence-corrected chi connectivity index (χ2v) is 5.66. The summed E-state index contributed by atoms with van der Waals surface area (Å²) in [5.74, 6) is -1.94. The van der Waals surface area contributed by atoms with Gasteiger partial charge in [-0.25, -0.2) is 0 Å². The summed E-state index contributed by atoms with van der Waals surface area (Å²) in [6.45, 7) is 2.08. The molecule has 5 heteroatoms. The second-order valence-electron chi connectivity index (χ2n) is 5.66. The number of amides is 1. The van der Waals surface area contributed by atoms with E-state index in [9.17, 15) is 14.7 Å². The molecule has 0 aliphatic carbocycles. The number of carbonyl (C=O) groups is 2. The Kier molecular flexibility index (Phi) is 4.57. The Labute approximate surface area is 134 Å². The minimum Gasteiger partial charge on any atom is -0.481 e. The molecule has 1 heterocycles. The molecule has 1 atom stereocenters. The highest BCUT2D eigenvalue weighted by Crippen LogP contribution is 2.29. The van der Waals surface area contributed by atoms with Gasteiger partial charge in [0.15, 0.2) is 0 Å². The Morgan fingerprint density at radius 1 is 1.09 bits per heavy atom. The molecular formula is C18H19NO4. The first kappa shape index (κ1) is 15.5. The number of ether oxygens (including phenoxy) is 1. The van der Waals surface area contributed by atoms with Gasteiger partial charge in [-0.3, -0.25) is 9.59 Å². The number of rotatable bonds is 4. The molecule has 1 N–H and O–H groups in total. The molecule has 2 aromatic rings. The summed E-state index contributed by atoms with van der Waals surface area (Å²) in [6.07, 6.45) is -0.0245. The number of carboxylic acid groups (broad SMARTS) is 1. The number of carboxylic acids is 1. The molecule has 23 heavy (non-hydrogen) atoms. The average molecular weight is 313 g/mol. The zero-order chi connectivity index (χ0) is 16.2. The van der Waals surface area contributed by atoms with Gasteiger partial charge in [0.05, 0.1) is 19.1 Å². The van der Waals surface area contributed by atoms with Crippen molar-refractivity contribution in [1.82, 2.24) is 4.90 Å². The third kappa shape index (κ3) is 3.35. The number of hydrogen-bond donors (Lipinski definition) is 1. The third-order valence-corrected chi connectivity index (χ3v) is 4.24. The van der Waals surface area contributed by atoms with E-state index in [2.05, 4.69) is 0 Å². The van der Waals surface area contributed by atoms with E-state index in [0.29, 0.717) is 31.9 Å². The minimum absolute atomic E-state index is 0.0245. The third-order valence-electron chi connectivity index (χ3n) is 4.24. The van der Waals surface area contributed by atoms with Gasteiger partial charge in [-0.1, -0.05) is 42.5 Å². The molecule has 1 saturated heterocycles. The first-order chi connectivity index (χ1) is 11.2. The number of hydrogen-bond acceptors (Lipinski definition) is 3. The second kappa shape index (κ2) is 6.79. The molecule has 1 aliphatic rings. The van der Waals surface area contributed by atoms with Gasteiger partial charge in [-0.2, -0.15) is 0 Å². The number of morpholine rings is 1. The van der Waals surface area contributed by atoms with E-state index in [0.717, 1.165) is 10.8 Å². The molecular weight excluding hydrogens is 294 g/mol. The highest BCUT2D eigenvalue weighted by molar-refractivity contribution is 5.93. The van der Waals surface area contributed by atoms with Gasteiger partial charge in [0.1, 0.15) is 0 Å². The van der Waals surface area contributed by atoms with Crippen LogP contribution in [0.2, 0.25) is 0 Å². The maximum atomic E-state index is 12.4. The molecule has 1 fully saturated rings. The lowest BCUT2D eigenvalue weighted by atomic mass is 9.90. The summed E-state index contributed by atoms with van der Waals surface area (Å²) >= 11 is 0. The fraction of sp³-hybridized carbons (Fsp3) is 0.333. The van der Waals surface area contributed by atoms with Gasteiger partial charge >= 0.3 is 5.97 Å². The summed E-state index contributed by atoms with van der Waals surface area (Å²) < 4.78 is 5.23. The molecule has 1 aliphatic heterocycles. The fourth-order valence-electron chi connectivity index (χ4n) is 3.00. The van der Waals surface area contributed by atoms with E-state index >= 15 is 0 Å². The van der Waals surface area contributed by atoms with Crippen LogP contribution in [0.1, 0.15) is 17.9 Å². The molecule has 5 nitrogen and oxygen atoms in total. The smallest absolute Gasteiger partial charge is 0.311 e. The monoisotopic (exact) mass is 313 g/mol. The summed E-state index contributed by atoms with van der Waals surface area (Å²) in [5, 5.41) is 11.5. The largest absolute Gasteiger partial charge is 0.481 e. The molecule has 3 rings (SSSR count). The van der Waals surface area contributed by atoms with Crippen LogP contribution in [0.15, 0.2) is 42.5 Å². The Hall–Kier alpha value is -2.40. The van der Waals surface area contributed by atoms with Gasteiger partial charge in [-0.15, -0.1) is 0 Å². The van der Waals surface area contributed by atoms with E-state index in [-0.39, 0.29) is 12.3 Å². The van der Waals surface area contributed by atoms with E-state index in [1.54, 1.807) is 11.0 Å². The topological polar surface area (TPSA) is 66.8 Å². The van der Waals surface area contributed by atoms with Crippen LogP contribution in [0.3, 0.4) is 0 Å². The number of carbonyl (C=O) groups excluding carboxylic acids is 1. The number of nitrogens with zero attached hydrogens (tertiary/aromatic N) is 1. The van der Waals surface area contributed by atoms with Crippen LogP contribution in [0.25, 0.3) is 10.8 Å². The van der Waals surface area contributed by atoms with Crippen LogP contribution in [0.4, 0.5) is 0 Å². The zero-order valence-corrected chi connectivity index (χ0v) is 12.8. The summed E-state index contributed by atoms with van der Waals surface area (Å²) in [4.78, 5) is 25.9. The van der Waals surface area contributed by atoms with Crippen molar-refractivity contribution in [3.63, 3.8) is 0 Å². The van der Waals surface area contributed by atoms with Crippen molar-refractivity contribution in [3.8, 4) is 0 Å². The van der Waals surface area contributed by atoms with Crippen molar-refractivity contribution in [1.29, 1.82) is 0 Å². The van der Waals surface area contributed by atoms with Crippen LogP contribution in [0, 0.1) is 0 Å². The number of fused-ring (bicyclic) bond motifs is 1. The molecule has 120 valence electrons. The van der Waals surface area contributed by atoms with Gasteiger partial charge in [-0.05, 0) is 16.3 Å². The normalized spacial score (nSPS) is 16.3. The lowest BCUT2D eigenvalue weighted by molar-refractivity contribution is -0.144. The lowest BCUT2D eigenvalue weighted by Gasteiger charge is -2.28. The highest BCUT2D eigenvalue weighted by Gasteiger charge is 2.28. The SMILES string of the molecule is O=C(O)C(CC(=O)N1CCOCC1)c1cccc2ccccc12. The average Bonchev–Trinajstić information content (AvgIpc) is 2.59.